The van der Waals surface area contributed by atoms with Gasteiger partial charge < -0.3 is 16.4 Å². The molecule has 1 aliphatic rings. The van der Waals surface area contributed by atoms with Crippen molar-refractivity contribution in [3.05, 3.63) is 87.7 Å². The van der Waals surface area contributed by atoms with E-state index in [1.54, 1.807) is 0 Å². The number of nitrogens with one attached hydrogen (secondary N) is 2. The zero-order valence-corrected chi connectivity index (χ0v) is 20.8. The summed E-state index contributed by atoms with van der Waals surface area (Å²) in [6.45, 7) is 0. The molecular formula is C24H14Cl3F6N3O2. The second-order valence-corrected chi connectivity index (χ2v) is 10.2. The SMILES string of the molecule is Nc1c(F)ccc(NC(=O)c2cc(NC(=O)[C@H]3[C@H](c4cc(F)cc(C(F)(F)F)c4)C3(Cl)Cl)ccc2Cl)c1F. The maximum Gasteiger partial charge on any atom is 0.416 e. The van der Waals surface area contributed by atoms with Crippen LogP contribution in [-0.2, 0) is 11.0 Å². The van der Waals surface area contributed by atoms with E-state index >= 15 is 0 Å². The summed E-state index contributed by atoms with van der Waals surface area (Å²) in [5, 5.41) is 4.52. The second kappa shape index (κ2) is 9.87. The average molecular weight is 597 g/mol. The lowest BCUT2D eigenvalue weighted by atomic mass is 10.0. The summed E-state index contributed by atoms with van der Waals surface area (Å²) in [7, 11) is 0. The number of hydrogen-bond donors (Lipinski definition) is 3. The molecule has 4 rings (SSSR count). The molecule has 0 aliphatic heterocycles. The molecule has 5 nitrogen and oxygen atoms in total. The number of anilines is 3. The zero-order valence-electron chi connectivity index (χ0n) is 18.6. The summed E-state index contributed by atoms with van der Waals surface area (Å²) in [5.41, 5.74) is 2.34. The van der Waals surface area contributed by atoms with E-state index in [0.29, 0.717) is 12.1 Å². The molecule has 3 aromatic rings. The van der Waals surface area contributed by atoms with E-state index in [1.807, 2.05) is 0 Å². The van der Waals surface area contributed by atoms with Crippen molar-refractivity contribution in [2.45, 2.75) is 16.4 Å². The van der Waals surface area contributed by atoms with Crippen LogP contribution in [0.1, 0.15) is 27.4 Å². The molecule has 0 aromatic heterocycles. The van der Waals surface area contributed by atoms with Crippen LogP contribution in [0.25, 0.3) is 0 Å². The van der Waals surface area contributed by atoms with Crippen LogP contribution in [0.2, 0.25) is 5.02 Å². The number of rotatable bonds is 5. The van der Waals surface area contributed by atoms with Crippen molar-refractivity contribution in [1.82, 2.24) is 0 Å². The zero-order chi connectivity index (χ0) is 28.2. The Hall–Kier alpha value is -3.15. The predicted molar refractivity (Wildman–Crippen MR) is 131 cm³/mol. The Morgan fingerprint density at radius 1 is 0.947 bits per heavy atom. The Bertz CT molecular complexity index is 1470. The standard InChI is InChI=1S/C24H14Cl3F6N3O2/c25-14-2-1-12(8-13(14)21(37)36-16-4-3-15(29)20(34)19(16)30)35-22(38)18-17(23(18,26)27)9-5-10(24(31,32)33)7-11(28)6-9/h1-8,17-18H,34H2,(H,35,38)(H,36,37)/t17-,18+/m0/s1. The molecule has 3 aromatic carbocycles. The van der Waals surface area contributed by atoms with E-state index in [9.17, 15) is 35.9 Å². The molecule has 2 amide bonds. The number of nitrogens with two attached hydrogens (primary N) is 1. The molecule has 0 bridgehead atoms. The molecule has 0 saturated heterocycles. The van der Waals surface area contributed by atoms with Gasteiger partial charge in [0, 0.05) is 11.6 Å². The smallest absolute Gasteiger partial charge is 0.394 e. The number of benzene rings is 3. The Balaban J connectivity index is 1.54. The van der Waals surface area contributed by atoms with Crippen molar-refractivity contribution < 1.29 is 35.9 Å². The van der Waals surface area contributed by atoms with Gasteiger partial charge in [0.25, 0.3) is 5.91 Å². The number of nitrogen functional groups attached to an aromatic ring is 1. The highest BCUT2D eigenvalue weighted by Gasteiger charge is 2.67. The fraction of sp³-hybridized carbons (Fsp3) is 0.167. The van der Waals surface area contributed by atoms with E-state index in [4.69, 9.17) is 40.5 Å². The van der Waals surface area contributed by atoms with Crippen molar-refractivity contribution in [2.24, 2.45) is 5.92 Å². The molecule has 0 radical (unpaired) electrons. The second-order valence-electron chi connectivity index (χ2n) is 8.36. The molecule has 0 heterocycles. The van der Waals surface area contributed by atoms with Crippen molar-refractivity contribution in [1.29, 1.82) is 0 Å². The lowest BCUT2D eigenvalue weighted by Gasteiger charge is -2.12. The lowest BCUT2D eigenvalue weighted by molar-refractivity contribution is -0.137. The van der Waals surface area contributed by atoms with Gasteiger partial charge in [-0.1, -0.05) is 11.6 Å². The first kappa shape index (κ1) is 27.9. The maximum atomic E-state index is 14.2. The van der Waals surface area contributed by atoms with Crippen LogP contribution < -0.4 is 16.4 Å². The Morgan fingerprint density at radius 2 is 1.63 bits per heavy atom. The van der Waals surface area contributed by atoms with E-state index in [2.05, 4.69) is 10.6 Å². The minimum absolute atomic E-state index is 0.00801. The molecule has 200 valence electrons. The number of amides is 2. The normalized spacial score (nSPS) is 18.1. The number of halogens is 9. The van der Waals surface area contributed by atoms with Crippen LogP contribution in [-0.4, -0.2) is 16.1 Å². The Morgan fingerprint density at radius 3 is 2.29 bits per heavy atom. The number of carbonyl (C=O) groups is 2. The topological polar surface area (TPSA) is 84.2 Å². The third-order valence-electron chi connectivity index (χ3n) is 5.80. The van der Waals surface area contributed by atoms with Gasteiger partial charge in [0.2, 0.25) is 5.91 Å². The van der Waals surface area contributed by atoms with E-state index in [1.165, 1.54) is 12.1 Å². The van der Waals surface area contributed by atoms with Gasteiger partial charge in [-0.15, -0.1) is 23.2 Å². The lowest BCUT2D eigenvalue weighted by Crippen LogP contribution is -2.18. The molecule has 1 saturated carbocycles. The van der Waals surface area contributed by atoms with Crippen LogP contribution >= 0.6 is 34.8 Å². The molecule has 0 spiro atoms. The molecule has 1 fully saturated rings. The van der Waals surface area contributed by atoms with Gasteiger partial charge in [-0.05, 0) is 54.1 Å². The fourth-order valence-corrected chi connectivity index (χ4v) is 4.91. The van der Waals surface area contributed by atoms with Gasteiger partial charge in [0.1, 0.15) is 21.7 Å². The third-order valence-corrected chi connectivity index (χ3v) is 7.07. The van der Waals surface area contributed by atoms with E-state index in [0.717, 1.165) is 24.3 Å². The van der Waals surface area contributed by atoms with E-state index in [-0.39, 0.29) is 21.8 Å². The van der Waals surface area contributed by atoms with Gasteiger partial charge in [-0.2, -0.15) is 13.2 Å². The van der Waals surface area contributed by atoms with Crippen molar-refractivity contribution >= 4 is 63.7 Å². The van der Waals surface area contributed by atoms with Gasteiger partial charge in [0.15, 0.2) is 5.82 Å². The van der Waals surface area contributed by atoms with Gasteiger partial charge in [-0.3, -0.25) is 9.59 Å². The maximum absolute atomic E-state index is 14.2. The Kier molecular flexibility index (Phi) is 7.24. The highest BCUT2D eigenvalue weighted by molar-refractivity contribution is 6.53. The summed E-state index contributed by atoms with van der Waals surface area (Å²) < 4.78 is 78.9. The van der Waals surface area contributed by atoms with Crippen LogP contribution in [0.3, 0.4) is 0 Å². The highest BCUT2D eigenvalue weighted by Crippen LogP contribution is 2.65. The van der Waals surface area contributed by atoms with E-state index < -0.39 is 68.5 Å². The predicted octanol–water partition coefficient (Wildman–Crippen LogP) is 7.14. The molecule has 0 unspecified atom stereocenters. The van der Waals surface area contributed by atoms with Crippen LogP contribution in [0.15, 0.2) is 48.5 Å². The fourth-order valence-electron chi connectivity index (χ4n) is 3.88. The third kappa shape index (κ3) is 5.36. The first-order valence-electron chi connectivity index (χ1n) is 10.5. The molecule has 2 atom stereocenters. The molecule has 14 heteroatoms. The van der Waals surface area contributed by atoms with Gasteiger partial charge in [0.05, 0.1) is 27.8 Å². The van der Waals surface area contributed by atoms with Crippen molar-refractivity contribution in [2.75, 3.05) is 16.4 Å². The first-order valence-corrected chi connectivity index (χ1v) is 11.7. The number of alkyl halides is 5. The first-order chi connectivity index (χ1) is 17.6. The van der Waals surface area contributed by atoms with Crippen molar-refractivity contribution in [3.63, 3.8) is 0 Å². The van der Waals surface area contributed by atoms with Crippen LogP contribution in [0.4, 0.5) is 43.4 Å². The summed E-state index contributed by atoms with van der Waals surface area (Å²) in [6, 6.07) is 7.23. The highest BCUT2D eigenvalue weighted by atomic mass is 35.5. The average Bonchev–Trinajstić information content (AvgIpc) is 3.41. The monoisotopic (exact) mass is 595 g/mol. The van der Waals surface area contributed by atoms with Crippen molar-refractivity contribution in [3.8, 4) is 0 Å². The minimum atomic E-state index is -4.84. The molecular weight excluding hydrogens is 583 g/mol. The number of hydrogen-bond acceptors (Lipinski definition) is 3. The van der Waals surface area contributed by atoms with Crippen LogP contribution in [0, 0.1) is 23.4 Å². The van der Waals surface area contributed by atoms with Crippen LogP contribution in [0.5, 0.6) is 0 Å². The summed E-state index contributed by atoms with van der Waals surface area (Å²) in [4.78, 5) is 25.6. The summed E-state index contributed by atoms with van der Waals surface area (Å²) >= 11 is 18.4. The summed E-state index contributed by atoms with van der Waals surface area (Å²) in [5.74, 6) is -7.60. The number of carbonyl (C=O) groups excluding carboxylic acids is 2. The largest absolute Gasteiger partial charge is 0.416 e. The molecule has 4 N–H and O–H groups in total. The van der Waals surface area contributed by atoms with Gasteiger partial charge in [-0.25, -0.2) is 13.2 Å². The minimum Gasteiger partial charge on any atom is -0.394 e. The Labute approximate surface area is 225 Å². The quantitative estimate of drug-likeness (QED) is 0.166. The summed E-state index contributed by atoms with van der Waals surface area (Å²) in [6.07, 6.45) is -4.84. The van der Waals surface area contributed by atoms with Gasteiger partial charge >= 0.3 is 6.18 Å². The molecule has 38 heavy (non-hydrogen) atoms. The molecule has 1 aliphatic carbocycles.